The zero-order chi connectivity index (χ0) is 21.5. The number of aliphatic hydroxyl groups is 1. The molecule has 0 bridgehead atoms. The molecular formula is C24H28N2O4. The molecule has 0 fully saturated rings. The Morgan fingerprint density at radius 3 is 2.43 bits per heavy atom. The van der Waals surface area contributed by atoms with E-state index in [4.69, 9.17) is 4.74 Å². The molecule has 1 heterocycles. The third-order valence-corrected chi connectivity index (χ3v) is 6.18. The van der Waals surface area contributed by atoms with Crippen molar-refractivity contribution in [3.8, 4) is 5.75 Å². The van der Waals surface area contributed by atoms with Crippen LogP contribution in [-0.2, 0) is 17.6 Å². The number of phenols is 1. The Balaban J connectivity index is 1.59. The van der Waals surface area contributed by atoms with Crippen molar-refractivity contribution >= 4 is 10.9 Å². The number of aryl methyl sites for hydroxylation is 2. The van der Waals surface area contributed by atoms with Gasteiger partial charge in [0.25, 0.3) is 0 Å². The molecule has 0 spiro atoms. The van der Waals surface area contributed by atoms with Gasteiger partial charge in [-0.25, -0.2) is 0 Å². The van der Waals surface area contributed by atoms with Crippen LogP contribution in [0.25, 0.3) is 10.9 Å². The molecule has 3 aromatic rings. The van der Waals surface area contributed by atoms with Gasteiger partial charge in [-0.1, -0.05) is 12.1 Å². The Labute approximate surface area is 175 Å². The van der Waals surface area contributed by atoms with Crippen LogP contribution in [0.5, 0.6) is 5.75 Å². The van der Waals surface area contributed by atoms with Gasteiger partial charge in [0, 0.05) is 36.7 Å². The lowest BCUT2D eigenvalue weighted by atomic mass is 9.95. The molecule has 158 valence electrons. The van der Waals surface area contributed by atoms with Crippen molar-refractivity contribution in [3.63, 3.8) is 0 Å². The fourth-order valence-corrected chi connectivity index (χ4v) is 4.59. The maximum Gasteiger partial charge on any atom is 0.248 e. The van der Waals surface area contributed by atoms with E-state index < -0.39 is 6.10 Å². The molecular weight excluding hydrogens is 380 g/mol. The molecule has 0 unspecified atom stereocenters. The van der Waals surface area contributed by atoms with Gasteiger partial charge in [-0.15, -0.1) is 0 Å². The minimum Gasteiger partial charge on any atom is -0.508 e. The number of rotatable bonds is 6. The number of aliphatic hydroxyl groups excluding tert-OH is 1. The van der Waals surface area contributed by atoms with Crippen LogP contribution in [-0.4, -0.2) is 41.0 Å². The minimum atomic E-state index is -0.855. The Kier molecular flexibility index (Phi) is 5.40. The molecule has 0 saturated heterocycles. The summed E-state index contributed by atoms with van der Waals surface area (Å²) in [4.78, 5) is 14.3. The van der Waals surface area contributed by atoms with Crippen molar-refractivity contribution in [2.45, 2.75) is 38.3 Å². The summed E-state index contributed by atoms with van der Waals surface area (Å²) in [7, 11) is 1.69. The van der Waals surface area contributed by atoms with Gasteiger partial charge in [-0.3, -0.25) is 4.79 Å². The van der Waals surface area contributed by atoms with Crippen LogP contribution >= 0.6 is 0 Å². The molecule has 1 aliphatic rings. The van der Waals surface area contributed by atoms with Gasteiger partial charge in [-0.05, 0) is 66.6 Å². The highest BCUT2D eigenvalue weighted by Crippen LogP contribution is 2.33. The first-order valence-corrected chi connectivity index (χ1v) is 10.2. The minimum absolute atomic E-state index is 0.00391. The normalized spacial score (nSPS) is 16.0. The Morgan fingerprint density at radius 1 is 1.13 bits per heavy atom. The van der Waals surface area contributed by atoms with Crippen LogP contribution in [0, 0.1) is 13.8 Å². The van der Waals surface area contributed by atoms with Gasteiger partial charge in [0.15, 0.2) is 0 Å². The van der Waals surface area contributed by atoms with Crippen LogP contribution in [0.4, 0.5) is 0 Å². The van der Waals surface area contributed by atoms with Crippen LogP contribution in [0.15, 0.2) is 41.2 Å². The summed E-state index contributed by atoms with van der Waals surface area (Å²) in [6.45, 7) is 5.08. The summed E-state index contributed by atoms with van der Waals surface area (Å²) < 4.78 is 5.54. The quantitative estimate of drug-likeness (QED) is 0.503. The van der Waals surface area contributed by atoms with Gasteiger partial charge in [0.1, 0.15) is 5.75 Å². The molecule has 4 N–H and O–H groups in total. The van der Waals surface area contributed by atoms with E-state index in [9.17, 15) is 15.0 Å². The van der Waals surface area contributed by atoms with Gasteiger partial charge < -0.3 is 25.3 Å². The standard InChI is InChI=1S/C24H28N2O4/c1-14-6-16-10-24(13-30-3,11-17(16)7-15(14)2)25-12-22(28)20-8-18(27)9-21-19(20)4-5-23(29)26-21/h4-9,22,25,27-28H,10-13H2,1-3H3,(H,26,29)/t22-/m0/s1. The average molecular weight is 408 g/mol. The number of hydrogen-bond donors (Lipinski definition) is 4. The summed E-state index contributed by atoms with van der Waals surface area (Å²) in [6, 6.07) is 10.6. The molecule has 30 heavy (non-hydrogen) atoms. The number of aromatic hydroxyl groups is 1. The summed E-state index contributed by atoms with van der Waals surface area (Å²) in [5, 5.41) is 25.3. The monoisotopic (exact) mass is 408 g/mol. The summed E-state index contributed by atoms with van der Waals surface area (Å²) >= 11 is 0. The van der Waals surface area contributed by atoms with E-state index in [-0.39, 0.29) is 16.8 Å². The second kappa shape index (κ2) is 7.87. The number of ether oxygens (including phenoxy) is 1. The number of pyridine rings is 1. The average Bonchev–Trinajstić information content (AvgIpc) is 3.03. The third-order valence-electron chi connectivity index (χ3n) is 6.18. The number of aromatic nitrogens is 1. The van der Waals surface area contributed by atoms with Gasteiger partial charge >= 0.3 is 0 Å². The smallest absolute Gasteiger partial charge is 0.248 e. The van der Waals surface area contributed by atoms with E-state index >= 15 is 0 Å². The van der Waals surface area contributed by atoms with E-state index in [2.05, 4.69) is 36.3 Å². The molecule has 6 nitrogen and oxygen atoms in total. The highest BCUT2D eigenvalue weighted by molar-refractivity contribution is 5.84. The summed E-state index contributed by atoms with van der Waals surface area (Å²) in [5.41, 5.74) is 5.73. The van der Waals surface area contributed by atoms with Crippen molar-refractivity contribution in [3.05, 3.63) is 74.6 Å². The van der Waals surface area contributed by atoms with Crippen molar-refractivity contribution in [2.24, 2.45) is 0 Å². The molecule has 0 saturated carbocycles. The summed E-state index contributed by atoms with van der Waals surface area (Å²) in [5.74, 6) is 0.00391. The van der Waals surface area contributed by atoms with Crippen molar-refractivity contribution in [1.29, 1.82) is 0 Å². The fourth-order valence-electron chi connectivity index (χ4n) is 4.59. The van der Waals surface area contributed by atoms with E-state index in [0.29, 0.717) is 29.6 Å². The Morgan fingerprint density at radius 2 is 1.80 bits per heavy atom. The molecule has 2 aromatic carbocycles. The largest absolute Gasteiger partial charge is 0.508 e. The molecule has 1 atom stereocenters. The second-order valence-electron chi connectivity index (χ2n) is 8.49. The fraction of sp³-hybridized carbons (Fsp3) is 0.375. The number of benzene rings is 2. The summed E-state index contributed by atoms with van der Waals surface area (Å²) in [6.07, 6.45) is 0.808. The predicted octanol–water partition coefficient (Wildman–Crippen LogP) is 2.66. The number of phenolic OH excluding ortho intramolecular Hbond substituents is 1. The van der Waals surface area contributed by atoms with E-state index in [0.717, 1.165) is 12.8 Å². The molecule has 1 aromatic heterocycles. The van der Waals surface area contributed by atoms with Gasteiger partial charge in [0.05, 0.1) is 18.2 Å². The van der Waals surface area contributed by atoms with Gasteiger partial charge in [-0.2, -0.15) is 0 Å². The van der Waals surface area contributed by atoms with E-state index in [1.165, 1.54) is 34.4 Å². The Bertz CT molecular complexity index is 1120. The molecule has 1 aliphatic carbocycles. The first-order chi connectivity index (χ1) is 14.3. The number of hydrogen-bond acceptors (Lipinski definition) is 5. The van der Waals surface area contributed by atoms with Crippen LogP contribution < -0.4 is 10.9 Å². The number of methoxy groups -OCH3 is 1. The zero-order valence-corrected chi connectivity index (χ0v) is 17.6. The number of H-pyrrole nitrogens is 1. The Hall–Kier alpha value is -2.67. The number of aromatic amines is 1. The molecule has 4 rings (SSSR count). The number of nitrogens with one attached hydrogen (secondary N) is 2. The van der Waals surface area contributed by atoms with Crippen molar-refractivity contribution in [1.82, 2.24) is 10.3 Å². The second-order valence-corrected chi connectivity index (χ2v) is 8.49. The van der Waals surface area contributed by atoms with E-state index in [1.807, 2.05) is 0 Å². The molecule has 0 aliphatic heterocycles. The van der Waals surface area contributed by atoms with Crippen LogP contribution in [0.3, 0.4) is 0 Å². The lowest BCUT2D eigenvalue weighted by molar-refractivity contribution is 0.0948. The molecule has 0 radical (unpaired) electrons. The lowest BCUT2D eigenvalue weighted by Crippen LogP contribution is -2.51. The maximum absolute atomic E-state index is 11.6. The third kappa shape index (κ3) is 3.86. The van der Waals surface area contributed by atoms with Crippen LogP contribution in [0.1, 0.15) is 33.9 Å². The van der Waals surface area contributed by atoms with Gasteiger partial charge in [0.2, 0.25) is 5.56 Å². The predicted molar refractivity (Wildman–Crippen MR) is 117 cm³/mol. The van der Waals surface area contributed by atoms with Crippen molar-refractivity contribution < 1.29 is 14.9 Å². The first kappa shape index (κ1) is 20.6. The molecule has 0 amide bonds. The number of fused-ring (bicyclic) bond motifs is 2. The zero-order valence-electron chi connectivity index (χ0n) is 17.6. The van der Waals surface area contributed by atoms with Crippen molar-refractivity contribution in [2.75, 3.05) is 20.3 Å². The highest BCUT2D eigenvalue weighted by Gasteiger charge is 2.37. The topological polar surface area (TPSA) is 94.6 Å². The lowest BCUT2D eigenvalue weighted by Gasteiger charge is -2.31. The molecule has 6 heteroatoms. The highest BCUT2D eigenvalue weighted by atomic mass is 16.5. The SMILES string of the molecule is COCC1(NC[C@H](O)c2cc(O)cc3[nH]c(=O)ccc23)Cc2cc(C)c(C)cc2C1. The first-order valence-electron chi connectivity index (χ1n) is 10.2. The number of β-amino-alcohol motifs (C(OH)–C–C–N with tert-alkyl or cyclic N) is 1. The maximum atomic E-state index is 11.6. The van der Waals surface area contributed by atoms with Crippen LogP contribution in [0.2, 0.25) is 0 Å². The van der Waals surface area contributed by atoms with E-state index in [1.54, 1.807) is 19.2 Å².